The predicted octanol–water partition coefficient (Wildman–Crippen LogP) is 0.529. The maximum atomic E-state index is 11.3. The Morgan fingerprint density at radius 1 is 1.62 bits per heavy atom. The van der Waals surface area contributed by atoms with Crippen molar-refractivity contribution in [1.29, 1.82) is 0 Å². The molecule has 4 nitrogen and oxygen atoms in total. The van der Waals surface area contributed by atoms with Crippen LogP contribution >= 0.6 is 0 Å². The summed E-state index contributed by atoms with van der Waals surface area (Å²) in [6.07, 6.45) is 1.89. The van der Waals surface area contributed by atoms with Crippen molar-refractivity contribution >= 4 is 6.03 Å². The fourth-order valence-electron chi connectivity index (χ4n) is 1.32. The molecular formula is C9H19N3O. The highest BCUT2D eigenvalue weighted by atomic mass is 16.2. The van der Waals surface area contributed by atoms with Crippen LogP contribution in [0.2, 0.25) is 0 Å². The average molecular weight is 185 g/mol. The molecule has 0 radical (unpaired) electrons. The molecule has 4 heteroatoms. The van der Waals surface area contributed by atoms with Crippen LogP contribution in [0.25, 0.3) is 0 Å². The van der Waals surface area contributed by atoms with Gasteiger partial charge >= 0.3 is 6.03 Å². The quantitative estimate of drug-likeness (QED) is 0.674. The molecule has 3 N–H and O–H groups in total. The van der Waals surface area contributed by atoms with Crippen LogP contribution in [0.4, 0.5) is 4.79 Å². The fraction of sp³-hybridized carbons (Fsp3) is 0.889. The van der Waals surface area contributed by atoms with E-state index >= 15 is 0 Å². The minimum atomic E-state index is -0.183. The smallest absolute Gasteiger partial charge is 0.317 e. The molecule has 1 rings (SSSR count). The number of amides is 2. The van der Waals surface area contributed by atoms with Crippen molar-refractivity contribution in [2.75, 3.05) is 19.6 Å². The van der Waals surface area contributed by atoms with E-state index in [-0.39, 0.29) is 11.6 Å². The summed E-state index contributed by atoms with van der Waals surface area (Å²) in [5.74, 6) is 0. The summed E-state index contributed by atoms with van der Waals surface area (Å²) in [6, 6.07) is 0.0514. The third-order valence-electron chi connectivity index (χ3n) is 2.19. The lowest BCUT2D eigenvalue weighted by atomic mass is 10.0. The van der Waals surface area contributed by atoms with Gasteiger partial charge in [0, 0.05) is 25.2 Å². The molecule has 0 unspecified atom stereocenters. The van der Waals surface area contributed by atoms with Gasteiger partial charge in [0.15, 0.2) is 0 Å². The molecule has 0 saturated carbocycles. The van der Waals surface area contributed by atoms with Crippen molar-refractivity contribution in [3.63, 3.8) is 0 Å². The second kappa shape index (κ2) is 3.96. The van der Waals surface area contributed by atoms with Crippen LogP contribution in [0.5, 0.6) is 0 Å². The van der Waals surface area contributed by atoms with E-state index in [4.69, 9.17) is 5.73 Å². The van der Waals surface area contributed by atoms with E-state index in [9.17, 15) is 4.79 Å². The van der Waals surface area contributed by atoms with Crippen molar-refractivity contribution in [3.8, 4) is 0 Å². The molecule has 0 aliphatic carbocycles. The Balaban J connectivity index is 2.31. The number of carbonyl (C=O) groups is 1. The van der Waals surface area contributed by atoms with E-state index in [0.717, 1.165) is 32.5 Å². The maximum Gasteiger partial charge on any atom is 0.317 e. The molecule has 0 spiro atoms. The lowest BCUT2D eigenvalue weighted by molar-refractivity contribution is 0.181. The first kappa shape index (κ1) is 10.3. The van der Waals surface area contributed by atoms with Gasteiger partial charge in [-0.1, -0.05) is 0 Å². The highest BCUT2D eigenvalue weighted by molar-refractivity contribution is 5.74. The van der Waals surface area contributed by atoms with Gasteiger partial charge in [-0.3, -0.25) is 0 Å². The fourth-order valence-corrected chi connectivity index (χ4v) is 1.32. The van der Waals surface area contributed by atoms with Crippen LogP contribution < -0.4 is 11.1 Å². The van der Waals surface area contributed by atoms with Gasteiger partial charge in [-0.05, 0) is 26.7 Å². The van der Waals surface area contributed by atoms with Crippen molar-refractivity contribution in [2.45, 2.75) is 32.2 Å². The van der Waals surface area contributed by atoms with E-state index in [1.165, 1.54) is 0 Å². The average Bonchev–Trinajstić information content (AvgIpc) is 2.01. The second-order valence-corrected chi connectivity index (χ2v) is 4.31. The Hall–Kier alpha value is -0.770. The minimum Gasteiger partial charge on any atom is -0.338 e. The van der Waals surface area contributed by atoms with E-state index in [1.807, 2.05) is 18.7 Å². The Morgan fingerprint density at radius 3 is 2.85 bits per heavy atom. The van der Waals surface area contributed by atoms with Gasteiger partial charge in [-0.25, -0.2) is 4.79 Å². The molecule has 1 fully saturated rings. The van der Waals surface area contributed by atoms with Crippen LogP contribution in [0.15, 0.2) is 0 Å². The number of nitrogens with two attached hydrogens (primary N) is 1. The molecule has 2 amide bonds. The third-order valence-corrected chi connectivity index (χ3v) is 2.19. The summed E-state index contributed by atoms with van der Waals surface area (Å²) in [7, 11) is 0. The zero-order valence-corrected chi connectivity index (χ0v) is 8.47. The Kier molecular flexibility index (Phi) is 3.14. The zero-order valence-electron chi connectivity index (χ0n) is 8.47. The summed E-state index contributed by atoms with van der Waals surface area (Å²) in [4.78, 5) is 13.1. The van der Waals surface area contributed by atoms with Crippen molar-refractivity contribution < 1.29 is 4.79 Å². The van der Waals surface area contributed by atoms with Gasteiger partial charge < -0.3 is 16.0 Å². The molecular weight excluding hydrogens is 166 g/mol. The Labute approximate surface area is 79.5 Å². The predicted molar refractivity (Wildman–Crippen MR) is 52.5 cm³/mol. The van der Waals surface area contributed by atoms with Gasteiger partial charge in [0.1, 0.15) is 0 Å². The summed E-state index contributed by atoms with van der Waals surface area (Å²) in [5, 5.41) is 2.81. The topological polar surface area (TPSA) is 58.4 Å². The van der Waals surface area contributed by atoms with E-state index in [1.54, 1.807) is 0 Å². The molecule has 76 valence electrons. The van der Waals surface area contributed by atoms with E-state index in [0.29, 0.717) is 0 Å². The van der Waals surface area contributed by atoms with Gasteiger partial charge in [-0.2, -0.15) is 0 Å². The number of rotatable bonds is 3. The zero-order chi connectivity index (χ0) is 9.90. The normalized spacial score (nSPS) is 18.7. The Morgan fingerprint density at radius 2 is 2.31 bits per heavy atom. The molecule has 13 heavy (non-hydrogen) atoms. The Bertz CT molecular complexity index is 186. The first-order valence-electron chi connectivity index (χ1n) is 4.81. The number of urea groups is 1. The molecule has 0 atom stereocenters. The number of nitrogens with one attached hydrogen (secondary N) is 1. The molecule has 1 aliphatic rings. The van der Waals surface area contributed by atoms with Crippen LogP contribution in [0.3, 0.4) is 0 Å². The lowest BCUT2D eigenvalue weighted by Gasteiger charge is -2.30. The van der Waals surface area contributed by atoms with Gasteiger partial charge in [0.05, 0.1) is 0 Å². The van der Waals surface area contributed by atoms with Gasteiger partial charge in [0.25, 0.3) is 0 Å². The summed E-state index contributed by atoms with van der Waals surface area (Å²) in [6.45, 7) is 6.39. The lowest BCUT2D eigenvalue weighted by Crippen LogP contribution is -2.48. The molecule has 0 bridgehead atoms. The minimum absolute atomic E-state index is 0.0514. The number of hydrogen-bond donors (Lipinski definition) is 2. The maximum absolute atomic E-state index is 11.3. The highest BCUT2D eigenvalue weighted by Gasteiger charge is 2.19. The van der Waals surface area contributed by atoms with Gasteiger partial charge in [-0.15, -0.1) is 0 Å². The molecule has 0 aromatic heterocycles. The third kappa shape index (κ3) is 3.63. The number of hydrogen-bond acceptors (Lipinski definition) is 2. The largest absolute Gasteiger partial charge is 0.338 e. The summed E-state index contributed by atoms with van der Waals surface area (Å²) < 4.78 is 0. The summed E-state index contributed by atoms with van der Waals surface area (Å²) >= 11 is 0. The molecule has 0 aromatic rings. The van der Waals surface area contributed by atoms with Crippen molar-refractivity contribution in [1.82, 2.24) is 10.2 Å². The molecule has 1 aliphatic heterocycles. The van der Waals surface area contributed by atoms with E-state index < -0.39 is 0 Å². The van der Waals surface area contributed by atoms with Crippen LogP contribution in [-0.2, 0) is 0 Å². The first-order chi connectivity index (χ1) is 5.99. The molecule has 1 saturated heterocycles. The number of carbonyl (C=O) groups excluding carboxylic acids is 1. The summed E-state index contributed by atoms with van der Waals surface area (Å²) in [5.41, 5.74) is 5.66. The van der Waals surface area contributed by atoms with Crippen LogP contribution in [-0.4, -0.2) is 36.1 Å². The second-order valence-electron chi connectivity index (χ2n) is 4.31. The first-order valence-corrected chi connectivity index (χ1v) is 4.81. The van der Waals surface area contributed by atoms with Crippen LogP contribution in [0.1, 0.15) is 26.7 Å². The molecule has 0 aromatic carbocycles. The number of nitrogens with zero attached hydrogens (tertiary/aromatic N) is 1. The molecule has 1 heterocycles. The highest BCUT2D eigenvalue weighted by Crippen LogP contribution is 2.07. The SMILES string of the molecule is CC(C)(N)CCN1CCCNC1=O. The van der Waals surface area contributed by atoms with E-state index in [2.05, 4.69) is 5.32 Å². The standard InChI is InChI=1S/C9H19N3O/c1-9(2,10)4-7-12-6-3-5-11-8(12)13/h3-7,10H2,1-2H3,(H,11,13). The van der Waals surface area contributed by atoms with Crippen molar-refractivity contribution in [3.05, 3.63) is 0 Å². The van der Waals surface area contributed by atoms with Crippen molar-refractivity contribution in [2.24, 2.45) is 5.73 Å². The monoisotopic (exact) mass is 185 g/mol. The van der Waals surface area contributed by atoms with Gasteiger partial charge in [0.2, 0.25) is 0 Å². The van der Waals surface area contributed by atoms with Crippen LogP contribution in [0, 0.1) is 0 Å².